The summed E-state index contributed by atoms with van der Waals surface area (Å²) in [5.74, 6) is 0. The molecule has 1 saturated carbocycles. The van der Waals surface area contributed by atoms with Crippen molar-refractivity contribution >= 4 is 9.84 Å². The van der Waals surface area contributed by atoms with Crippen molar-refractivity contribution in [1.29, 1.82) is 10.5 Å². The molecule has 0 saturated heterocycles. The fourth-order valence-electron chi connectivity index (χ4n) is 2.18. The lowest BCUT2D eigenvalue weighted by molar-refractivity contribution is 0.579. The first-order chi connectivity index (χ1) is 8.59. The Bertz CT molecular complexity index is 647. The van der Waals surface area contributed by atoms with Crippen LogP contribution in [0, 0.1) is 22.7 Å². The van der Waals surface area contributed by atoms with Gasteiger partial charge in [-0.15, -0.1) is 0 Å². The highest BCUT2D eigenvalue weighted by atomic mass is 32.2. The Morgan fingerprint density at radius 2 is 1.89 bits per heavy atom. The Hall–Kier alpha value is -1.92. The topological polar surface area (TPSA) is 94.6 Å². The molecular formula is C12H11N3O2S. The van der Waals surface area contributed by atoms with Crippen molar-refractivity contribution in [3.63, 3.8) is 0 Å². The minimum Gasteiger partial charge on any atom is -0.243 e. The molecule has 0 radical (unpaired) electrons. The maximum atomic E-state index is 12.4. The summed E-state index contributed by atoms with van der Waals surface area (Å²) in [6, 6.07) is 4.87. The molecule has 0 amide bonds. The Balaban J connectivity index is 2.56. The van der Waals surface area contributed by atoms with Crippen molar-refractivity contribution in [3.8, 4) is 12.1 Å². The van der Waals surface area contributed by atoms with E-state index in [9.17, 15) is 8.42 Å². The number of pyridine rings is 1. The molecule has 1 aromatic rings. The van der Waals surface area contributed by atoms with Gasteiger partial charge in [-0.2, -0.15) is 10.5 Å². The third-order valence-corrected chi connectivity index (χ3v) is 5.41. The molecule has 2 rings (SSSR count). The predicted molar refractivity (Wildman–Crippen MR) is 63.1 cm³/mol. The van der Waals surface area contributed by atoms with Gasteiger partial charge >= 0.3 is 0 Å². The van der Waals surface area contributed by atoms with Crippen molar-refractivity contribution in [2.24, 2.45) is 0 Å². The predicted octanol–water partition coefficient (Wildman–Crippen LogP) is 1.54. The standard InChI is InChI=1S/C12H11N3O2S/c13-6-9-5-12(11(7-14)15-8-9)18(16,17)10-3-1-2-4-10/h5,8,10H,1-4H2. The minimum atomic E-state index is -3.55. The van der Waals surface area contributed by atoms with Crippen molar-refractivity contribution in [2.75, 3.05) is 0 Å². The SMILES string of the molecule is N#Cc1cnc(C#N)c(S(=O)(=O)C2CCCC2)c1. The van der Waals surface area contributed by atoms with Crippen LogP contribution < -0.4 is 0 Å². The Morgan fingerprint density at radius 1 is 1.22 bits per heavy atom. The second-order valence-corrected chi connectivity index (χ2v) is 6.44. The van der Waals surface area contributed by atoms with Gasteiger partial charge in [-0.3, -0.25) is 0 Å². The summed E-state index contributed by atoms with van der Waals surface area (Å²) in [6.07, 6.45) is 4.22. The van der Waals surface area contributed by atoms with E-state index in [0.29, 0.717) is 12.8 Å². The largest absolute Gasteiger partial charge is 0.243 e. The molecule has 1 aliphatic rings. The fraction of sp³-hybridized carbons (Fsp3) is 0.417. The first kappa shape index (κ1) is 12.5. The monoisotopic (exact) mass is 261 g/mol. The van der Waals surface area contributed by atoms with Gasteiger partial charge in [-0.1, -0.05) is 12.8 Å². The van der Waals surface area contributed by atoms with Crippen LogP contribution in [-0.2, 0) is 9.84 Å². The summed E-state index contributed by atoms with van der Waals surface area (Å²) >= 11 is 0. The number of hydrogen-bond donors (Lipinski definition) is 0. The molecule has 0 aromatic carbocycles. The maximum Gasteiger partial charge on any atom is 0.184 e. The average molecular weight is 261 g/mol. The molecule has 18 heavy (non-hydrogen) atoms. The zero-order valence-corrected chi connectivity index (χ0v) is 10.4. The number of sulfone groups is 1. The number of aromatic nitrogens is 1. The van der Waals surface area contributed by atoms with Gasteiger partial charge < -0.3 is 0 Å². The summed E-state index contributed by atoms with van der Waals surface area (Å²) in [5.41, 5.74) is 0.0338. The smallest absolute Gasteiger partial charge is 0.184 e. The molecule has 92 valence electrons. The van der Waals surface area contributed by atoms with Gasteiger partial charge in [-0.05, 0) is 18.9 Å². The van der Waals surface area contributed by atoms with E-state index in [2.05, 4.69) is 4.98 Å². The van der Waals surface area contributed by atoms with E-state index in [-0.39, 0.29) is 16.2 Å². The van der Waals surface area contributed by atoms with Gasteiger partial charge in [0.05, 0.1) is 10.8 Å². The summed E-state index contributed by atoms with van der Waals surface area (Å²) < 4.78 is 24.8. The molecule has 6 heteroatoms. The molecule has 1 aliphatic carbocycles. The Morgan fingerprint density at radius 3 is 2.44 bits per heavy atom. The summed E-state index contributed by atoms with van der Waals surface area (Å²) in [6.45, 7) is 0. The molecule has 1 fully saturated rings. The molecule has 0 aliphatic heterocycles. The van der Waals surface area contributed by atoms with Crippen LogP contribution >= 0.6 is 0 Å². The summed E-state index contributed by atoms with van der Waals surface area (Å²) in [5, 5.41) is 17.3. The van der Waals surface area contributed by atoms with Gasteiger partial charge in [0.25, 0.3) is 0 Å². The average Bonchev–Trinajstić information content (AvgIpc) is 2.92. The van der Waals surface area contributed by atoms with Crippen molar-refractivity contribution < 1.29 is 8.42 Å². The molecule has 1 aromatic heterocycles. The van der Waals surface area contributed by atoms with E-state index in [0.717, 1.165) is 12.8 Å². The lowest BCUT2D eigenvalue weighted by Gasteiger charge is -2.11. The Labute approximate surface area is 106 Å². The van der Waals surface area contributed by atoms with Crippen molar-refractivity contribution in [2.45, 2.75) is 35.8 Å². The molecule has 0 atom stereocenters. The molecule has 5 nitrogen and oxygen atoms in total. The number of nitrogens with zero attached hydrogens (tertiary/aromatic N) is 3. The third-order valence-electron chi connectivity index (χ3n) is 3.14. The maximum absolute atomic E-state index is 12.4. The first-order valence-corrected chi connectivity index (χ1v) is 7.18. The van der Waals surface area contributed by atoms with Gasteiger partial charge in [0.15, 0.2) is 15.5 Å². The van der Waals surface area contributed by atoms with E-state index in [1.165, 1.54) is 12.3 Å². The van der Waals surface area contributed by atoms with E-state index < -0.39 is 15.1 Å². The zero-order chi connectivity index (χ0) is 13.2. The van der Waals surface area contributed by atoms with E-state index in [1.807, 2.05) is 6.07 Å². The quantitative estimate of drug-likeness (QED) is 0.804. The third kappa shape index (κ3) is 2.07. The van der Waals surface area contributed by atoms with Gasteiger partial charge in [0.2, 0.25) is 0 Å². The fourth-order valence-corrected chi connectivity index (χ4v) is 4.16. The highest BCUT2D eigenvalue weighted by Crippen LogP contribution is 2.30. The molecule has 0 bridgehead atoms. The van der Waals surface area contributed by atoms with Crippen LogP contribution in [0.25, 0.3) is 0 Å². The molecule has 0 N–H and O–H groups in total. The van der Waals surface area contributed by atoms with E-state index >= 15 is 0 Å². The molecule has 0 unspecified atom stereocenters. The minimum absolute atomic E-state index is 0.101. The lowest BCUT2D eigenvalue weighted by atomic mass is 10.3. The molecule has 0 spiro atoms. The van der Waals surface area contributed by atoms with Crippen molar-refractivity contribution in [1.82, 2.24) is 4.98 Å². The summed E-state index contributed by atoms with van der Waals surface area (Å²) in [4.78, 5) is 3.64. The van der Waals surface area contributed by atoms with Crippen LogP contribution in [0.4, 0.5) is 0 Å². The highest BCUT2D eigenvalue weighted by molar-refractivity contribution is 7.92. The number of rotatable bonds is 2. The summed E-state index contributed by atoms with van der Waals surface area (Å²) in [7, 11) is -3.55. The van der Waals surface area contributed by atoms with Crippen LogP contribution in [0.3, 0.4) is 0 Å². The Kier molecular flexibility index (Phi) is 3.31. The lowest BCUT2D eigenvalue weighted by Crippen LogP contribution is -2.19. The molecule has 1 heterocycles. The highest BCUT2D eigenvalue weighted by Gasteiger charge is 2.32. The van der Waals surface area contributed by atoms with Crippen LogP contribution in [0.15, 0.2) is 17.2 Å². The van der Waals surface area contributed by atoms with Crippen LogP contribution in [0.5, 0.6) is 0 Å². The van der Waals surface area contributed by atoms with Crippen LogP contribution in [0.1, 0.15) is 36.9 Å². The first-order valence-electron chi connectivity index (χ1n) is 5.63. The second-order valence-electron chi connectivity index (χ2n) is 4.25. The zero-order valence-electron chi connectivity index (χ0n) is 9.63. The second kappa shape index (κ2) is 4.75. The van der Waals surface area contributed by atoms with E-state index in [1.54, 1.807) is 6.07 Å². The van der Waals surface area contributed by atoms with Gasteiger partial charge in [0, 0.05) is 6.20 Å². The van der Waals surface area contributed by atoms with Gasteiger partial charge in [-0.25, -0.2) is 13.4 Å². The van der Waals surface area contributed by atoms with Crippen LogP contribution in [0.2, 0.25) is 0 Å². The van der Waals surface area contributed by atoms with Crippen molar-refractivity contribution in [3.05, 3.63) is 23.5 Å². The van der Waals surface area contributed by atoms with E-state index in [4.69, 9.17) is 10.5 Å². The normalized spacial score (nSPS) is 16.1. The van der Waals surface area contributed by atoms with Crippen LogP contribution in [-0.4, -0.2) is 18.7 Å². The number of nitriles is 2. The van der Waals surface area contributed by atoms with Gasteiger partial charge in [0.1, 0.15) is 17.0 Å². The number of hydrogen-bond acceptors (Lipinski definition) is 5. The molecular weight excluding hydrogens is 250 g/mol.